The van der Waals surface area contributed by atoms with Gasteiger partial charge in [-0.25, -0.2) is 0 Å². The topological polar surface area (TPSA) is 83.1 Å². The molecule has 3 fully saturated rings. The van der Waals surface area contributed by atoms with Crippen molar-refractivity contribution in [3.63, 3.8) is 0 Å². The summed E-state index contributed by atoms with van der Waals surface area (Å²) in [4.78, 5) is 42.5. The Morgan fingerprint density at radius 2 is 1.90 bits per heavy atom. The summed E-state index contributed by atoms with van der Waals surface area (Å²) in [5.41, 5.74) is 2.77. The maximum Gasteiger partial charge on any atom is 0.291 e. The highest BCUT2D eigenvalue weighted by atomic mass is 32.2. The number of thioether (sulfide) groups is 1. The molecular formula is C23H30N3O3S+. The zero-order valence-electron chi connectivity index (χ0n) is 17.9. The lowest BCUT2D eigenvalue weighted by molar-refractivity contribution is -0.733. The van der Waals surface area contributed by atoms with Crippen molar-refractivity contribution in [2.24, 2.45) is 11.8 Å². The normalized spacial score (nSPS) is 33.0. The number of hydrogen-bond acceptors (Lipinski definition) is 4. The van der Waals surface area contributed by atoms with E-state index in [2.05, 4.69) is 23.0 Å². The summed E-state index contributed by atoms with van der Waals surface area (Å²) in [6.45, 7) is 4.02. The van der Waals surface area contributed by atoms with E-state index in [0.717, 1.165) is 60.2 Å². The van der Waals surface area contributed by atoms with Crippen molar-refractivity contribution in [1.29, 1.82) is 0 Å². The molecule has 1 aromatic rings. The maximum atomic E-state index is 13.8. The quantitative estimate of drug-likeness (QED) is 0.715. The molecule has 6 nitrogen and oxygen atoms in total. The molecule has 4 aliphatic rings. The summed E-state index contributed by atoms with van der Waals surface area (Å²) in [5, 5.41) is 5.15. The van der Waals surface area contributed by atoms with E-state index in [1.54, 1.807) is 16.7 Å². The second-order valence-corrected chi connectivity index (χ2v) is 10.4. The van der Waals surface area contributed by atoms with Crippen LogP contribution >= 0.6 is 11.8 Å². The Balaban J connectivity index is 1.65. The van der Waals surface area contributed by atoms with Crippen LogP contribution in [0, 0.1) is 25.7 Å². The van der Waals surface area contributed by atoms with Crippen molar-refractivity contribution in [1.82, 2.24) is 4.90 Å². The fourth-order valence-corrected chi connectivity index (χ4v) is 6.99. The van der Waals surface area contributed by atoms with Crippen LogP contribution in [0.1, 0.15) is 48.8 Å². The minimum atomic E-state index is -1.03. The van der Waals surface area contributed by atoms with Crippen molar-refractivity contribution < 1.29 is 19.7 Å². The van der Waals surface area contributed by atoms with Gasteiger partial charge in [-0.05, 0) is 50.3 Å². The SMILES string of the molecule is CSCC[C@H]1[NH2+][C@@]2(C(=O)Nc3c(C)cc(C)cc32)[C@@H]2C(=O)N(C3CCCC3)C(=O)[C@@H]21. The van der Waals surface area contributed by atoms with Gasteiger partial charge in [0.05, 0.1) is 5.69 Å². The van der Waals surface area contributed by atoms with E-state index in [4.69, 9.17) is 0 Å². The van der Waals surface area contributed by atoms with Crippen LogP contribution in [0.2, 0.25) is 0 Å². The van der Waals surface area contributed by atoms with Gasteiger partial charge >= 0.3 is 0 Å². The number of amides is 3. The molecule has 0 aromatic heterocycles. The van der Waals surface area contributed by atoms with Gasteiger partial charge < -0.3 is 10.6 Å². The van der Waals surface area contributed by atoms with Gasteiger partial charge in [0, 0.05) is 18.0 Å². The molecule has 5 rings (SSSR count). The van der Waals surface area contributed by atoms with Crippen LogP contribution < -0.4 is 10.6 Å². The van der Waals surface area contributed by atoms with E-state index < -0.39 is 17.4 Å². The van der Waals surface area contributed by atoms with Crippen molar-refractivity contribution in [2.45, 2.75) is 63.6 Å². The molecule has 160 valence electrons. The van der Waals surface area contributed by atoms with Gasteiger partial charge in [-0.2, -0.15) is 11.8 Å². The summed E-state index contributed by atoms with van der Waals surface area (Å²) >= 11 is 1.74. The van der Waals surface area contributed by atoms with E-state index in [-0.39, 0.29) is 29.8 Å². The number of benzene rings is 1. The number of nitrogens with one attached hydrogen (secondary N) is 1. The predicted molar refractivity (Wildman–Crippen MR) is 116 cm³/mol. The lowest BCUT2D eigenvalue weighted by Gasteiger charge is -2.29. The highest BCUT2D eigenvalue weighted by Crippen LogP contribution is 2.51. The first kappa shape index (κ1) is 20.1. The summed E-state index contributed by atoms with van der Waals surface area (Å²) in [5.74, 6) is -0.416. The smallest absolute Gasteiger partial charge is 0.291 e. The van der Waals surface area contributed by atoms with E-state index in [1.807, 2.05) is 19.9 Å². The Hall–Kier alpha value is -1.86. The van der Waals surface area contributed by atoms with Crippen LogP contribution in [0.25, 0.3) is 0 Å². The van der Waals surface area contributed by atoms with Gasteiger partial charge in [0.15, 0.2) is 0 Å². The number of hydrogen-bond donors (Lipinski definition) is 2. The first-order valence-electron chi connectivity index (χ1n) is 11.0. The molecule has 0 radical (unpaired) electrons. The third kappa shape index (κ3) is 2.57. The minimum absolute atomic E-state index is 0.0111. The average molecular weight is 429 g/mol. The number of carbonyl (C=O) groups is 3. The Kier molecular flexibility index (Phi) is 4.74. The van der Waals surface area contributed by atoms with Crippen LogP contribution in [0.4, 0.5) is 5.69 Å². The molecule has 0 unspecified atom stereocenters. The molecular weight excluding hydrogens is 398 g/mol. The van der Waals surface area contributed by atoms with Gasteiger partial charge in [0.25, 0.3) is 5.91 Å². The van der Waals surface area contributed by atoms with Gasteiger partial charge in [-0.3, -0.25) is 19.3 Å². The number of imide groups is 1. The Labute approximate surface area is 181 Å². The zero-order chi connectivity index (χ0) is 21.2. The molecule has 3 N–H and O–H groups in total. The summed E-state index contributed by atoms with van der Waals surface area (Å²) in [7, 11) is 0. The van der Waals surface area contributed by atoms with Crippen LogP contribution in [-0.4, -0.2) is 46.7 Å². The van der Waals surface area contributed by atoms with Crippen molar-refractivity contribution in [2.75, 3.05) is 17.3 Å². The summed E-state index contributed by atoms with van der Waals surface area (Å²) < 4.78 is 0. The predicted octanol–water partition coefficient (Wildman–Crippen LogP) is 1.69. The number of quaternary nitrogens is 1. The van der Waals surface area contributed by atoms with Crippen LogP contribution in [0.15, 0.2) is 12.1 Å². The molecule has 3 amide bonds. The lowest BCUT2D eigenvalue weighted by Crippen LogP contribution is -2.99. The highest BCUT2D eigenvalue weighted by molar-refractivity contribution is 7.98. The Morgan fingerprint density at radius 1 is 1.17 bits per heavy atom. The Morgan fingerprint density at radius 3 is 2.60 bits per heavy atom. The number of aryl methyl sites for hydroxylation is 2. The molecule has 3 aliphatic heterocycles. The monoisotopic (exact) mass is 428 g/mol. The summed E-state index contributed by atoms with van der Waals surface area (Å²) in [6.07, 6.45) is 6.78. The van der Waals surface area contributed by atoms with Crippen molar-refractivity contribution in [3.05, 3.63) is 28.8 Å². The second-order valence-electron chi connectivity index (χ2n) is 9.43. The van der Waals surface area contributed by atoms with E-state index in [1.165, 1.54) is 0 Å². The standard InChI is InChI=1S/C23H29N3O3S/c1-12-10-13(2)19-15(11-12)23(22(29)24-19)18-17(16(25-23)8-9-30-3)20(27)26(21(18)28)14-6-4-5-7-14/h10-11,14,16-18,25H,4-9H2,1-3H3,(H,24,29)/p+1/t16-,17-,18+,23-/m1/s1. The molecule has 7 heteroatoms. The van der Waals surface area contributed by atoms with Crippen molar-refractivity contribution >= 4 is 35.2 Å². The molecule has 1 spiro atoms. The molecule has 1 aliphatic carbocycles. The molecule has 0 bridgehead atoms. The molecule has 4 atom stereocenters. The zero-order valence-corrected chi connectivity index (χ0v) is 18.7. The number of nitrogens with zero attached hydrogens (tertiary/aromatic N) is 1. The van der Waals surface area contributed by atoms with Gasteiger partial charge in [-0.1, -0.05) is 24.5 Å². The summed E-state index contributed by atoms with van der Waals surface area (Å²) in [6, 6.07) is 4.06. The number of nitrogens with two attached hydrogens (primary N) is 1. The Bertz CT molecular complexity index is 942. The maximum absolute atomic E-state index is 13.8. The van der Waals surface area contributed by atoms with Crippen LogP contribution in [0.3, 0.4) is 0 Å². The molecule has 3 heterocycles. The lowest BCUT2D eigenvalue weighted by atomic mass is 9.76. The number of anilines is 1. The van der Waals surface area contributed by atoms with Gasteiger partial charge in [0.1, 0.15) is 17.9 Å². The number of likely N-dealkylation sites (tertiary alicyclic amines) is 1. The highest BCUT2D eigenvalue weighted by Gasteiger charge is 2.74. The number of fused-ring (bicyclic) bond motifs is 4. The number of rotatable bonds is 4. The first-order chi connectivity index (χ1) is 14.4. The fraction of sp³-hybridized carbons (Fsp3) is 0.609. The van der Waals surface area contributed by atoms with Gasteiger partial charge in [0.2, 0.25) is 17.4 Å². The third-order valence-corrected chi connectivity index (χ3v) is 8.34. The second kappa shape index (κ2) is 7.09. The molecule has 2 saturated heterocycles. The third-order valence-electron chi connectivity index (χ3n) is 7.70. The van der Waals surface area contributed by atoms with E-state index in [9.17, 15) is 14.4 Å². The minimum Gasteiger partial charge on any atom is -0.326 e. The van der Waals surface area contributed by atoms with Crippen LogP contribution in [0.5, 0.6) is 0 Å². The van der Waals surface area contributed by atoms with Gasteiger partial charge in [-0.15, -0.1) is 0 Å². The average Bonchev–Trinajstić information content (AvgIpc) is 3.44. The van der Waals surface area contributed by atoms with Crippen LogP contribution in [-0.2, 0) is 19.9 Å². The molecule has 30 heavy (non-hydrogen) atoms. The van der Waals surface area contributed by atoms with E-state index >= 15 is 0 Å². The fourth-order valence-electron chi connectivity index (χ4n) is 6.48. The first-order valence-corrected chi connectivity index (χ1v) is 12.4. The van der Waals surface area contributed by atoms with E-state index in [0.29, 0.717) is 0 Å². The largest absolute Gasteiger partial charge is 0.326 e. The van der Waals surface area contributed by atoms with Crippen molar-refractivity contribution in [3.8, 4) is 0 Å². The molecule has 1 aromatic carbocycles. The molecule has 1 saturated carbocycles. The number of carbonyl (C=O) groups excluding carboxylic acids is 3.